The van der Waals surface area contributed by atoms with Gasteiger partial charge < -0.3 is 5.32 Å². The molecule has 4 rings (SSSR count). The summed E-state index contributed by atoms with van der Waals surface area (Å²) in [6, 6.07) is 13.2. The quantitative estimate of drug-likeness (QED) is 0.763. The Kier molecular flexibility index (Phi) is 3.60. The molecule has 1 aromatic heterocycles. The number of aryl methyl sites for hydroxylation is 1. The molecule has 0 saturated carbocycles. The highest BCUT2D eigenvalue weighted by molar-refractivity contribution is 6.30. The second-order valence-corrected chi connectivity index (χ2v) is 6.37. The van der Waals surface area contributed by atoms with Crippen LogP contribution in [0.3, 0.4) is 0 Å². The first-order valence-electron chi connectivity index (χ1n) is 7.73. The highest BCUT2D eigenvalue weighted by atomic mass is 35.5. The Balaban J connectivity index is 1.41. The molecule has 0 amide bonds. The topological polar surface area (TPSA) is 40.7 Å². The van der Waals surface area contributed by atoms with E-state index < -0.39 is 0 Å². The lowest BCUT2D eigenvalue weighted by atomic mass is 10.1. The van der Waals surface area contributed by atoms with Crippen molar-refractivity contribution in [1.82, 2.24) is 15.5 Å². The minimum absolute atomic E-state index is 0.435. The number of rotatable bonds is 4. The van der Waals surface area contributed by atoms with Crippen LogP contribution in [0.2, 0.25) is 5.02 Å². The van der Waals surface area contributed by atoms with Crippen LogP contribution in [-0.4, -0.2) is 16.7 Å². The van der Waals surface area contributed by atoms with Crippen LogP contribution in [-0.2, 0) is 12.8 Å². The van der Waals surface area contributed by atoms with Gasteiger partial charge in [-0.25, -0.2) is 0 Å². The Labute approximate surface area is 134 Å². The third kappa shape index (κ3) is 2.62. The summed E-state index contributed by atoms with van der Waals surface area (Å²) in [6.45, 7) is 0.969. The summed E-state index contributed by atoms with van der Waals surface area (Å²) in [7, 11) is 0. The van der Waals surface area contributed by atoms with E-state index in [-0.39, 0.29) is 0 Å². The van der Waals surface area contributed by atoms with Crippen molar-refractivity contribution in [2.45, 2.75) is 25.3 Å². The van der Waals surface area contributed by atoms with Gasteiger partial charge in [0, 0.05) is 16.5 Å². The van der Waals surface area contributed by atoms with Gasteiger partial charge in [-0.2, -0.15) is 5.10 Å². The number of halogens is 1. The molecule has 0 saturated heterocycles. The molecule has 3 aromatic rings. The summed E-state index contributed by atoms with van der Waals surface area (Å²) < 4.78 is 0. The molecule has 0 radical (unpaired) electrons. The molecule has 22 heavy (non-hydrogen) atoms. The highest BCUT2D eigenvalue weighted by Crippen LogP contribution is 2.32. The molecule has 2 N–H and O–H groups in total. The average molecular weight is 312 g/mol. The van der Waals surface area contributed by atoms with Gasteiger partial charge in [-0.15, -0.1) is 0 Å². The molecule has 1 atom stereocenters. The van der Waals surface area contributed by atoms with Gasteiger partial charge in [-0.1, -0.05) is 29.8 Å². The van der Waals surface area contributed by atoms with Crippen LogP contribution >= 0.6 is 11.6 Å². The fourth-order valence-electron chi connectivity index (χ4n) is 3.32. The molecule has 112 valence electrons. The van der Waals surface area contributed by atoms with E-state index in [1.54, 1.807) is 0 Å². The maximum absolute atomic E-state index is 6.13. The van der Waals surface area contributed by atoms with Crippen molar-refractivity contribution in [2.24, 2.45) is 0 Å². The maximum atomic E-state index is 6.13. The zero-order chi connectivity index (χ0) is 14.9. The molecule has 3 nitrogen and oxygen atoms in total. The first-order chi connectivity index (χ1) is 10.8. The summed E-state index contributed by atoms with van der Waals surface area (Å²) in [4.78, 5) is 0. The van der Waals surface area contributed by atoms with E-state index >= 15 is 0 Å². The number of nitrogens with zero attached hydrogens (tertiary/aromatic N) is 1. The smallest absolute Gasteiger partial charge is 0.0653 e. The number of benzene rings is 2. The van der Waals surface area contributed by atoms with Crippen molar-refractivity contribution in [3.8, 4) is 0 Å². The first-order valence-corrected chi connectivity index (χ1v) is 8.11. The van der Waals surface area contributed by atoms with Crippen molar-refractivity contribution in [2.75, 3.05) is 6.54 Å². The Morgan fingerprint density at radius 3 is 3.14 bits per heavy atom. The Bertz CT molecular complexity index is 809. The number of aromatic amines is 1. The zero-order valence-electron chi connectivity index (χ0n) is 12.3. The van der Waals surface area contributed by atoms with Crippen LogP contribution < -0.4 is 5.32 Å². The number of hydrogen-bond acceptors (Lipinski definition) is 2. The number of hydrogen-bond donors (Lipinski definition) is 2. The molecular weight excluding hydrogens is 294 g/mol. The lowest BCUT2D eigenvalue weighted by molar-refractivity contribution is 0.534. The van der Waals surface area contributed by atoms with Gasteiger partial charge >= 0.3 is 0 Å². The molecule has 1 aliphatic rings. The average Bonchev–Trinajstić information content (AvgIpc) is 3.13. The third-order valence-corrected chi connectivity index (χ3v) is 4.73. The number of fused-ring (bicyclic) bond motifs is 2. The SMILES string of the molecule is Clc1ccc2c(c1)C(NCCc1ccc3cn[nH]c3c1)CC2. The van der Waals surface area contributed by atoms with Crippen LogP contribution in [0.5, 0.6) is 0 Å². The lowest BCUT2D eigenvalue weighted by Gasteiger charge is -2.14. The predicted molar refractivity (Wildman–Crippen MR) is 90.3 cm³/mol. The van der Waals surface area contributed by atoms with Crippen LogP contribution in [0.25, 0.3) is 10.9 Å². The lowest BCUT2D eigenvalue weighted by Crippen LogP contribution is -2.21. The van der Waals surface area contributed by atoms with E-state index in [2.05, 4.69) is 45.8 Å². The molecule has 0 aliphatic heterocycles. The van der Waals surface area contributed by atoms with Gasteiger partial charge in [0.1, 0.15) is 0 Å². The van der Waals surface area contributed by atoms with Gasteiger partial charge in [-0.3, -0.25) is 5.10 Å². The standard InChI is InChI=1S/C18H18ClN3/c19-15-5-3-13-4-6-17(16(13)10-15)20-8-7-12-1-2-14-11-21-22-18(14)9-12/h1-3,5,9-11,17,20H,4,6-8H2,(H,21,22). The second-order valence-electron chi connectivity index (χ2n) is 5.93. The second kappa shape index (κ2) is 5.75. The molecule has 1 aliphatic carbocycles. The maximum Gasteiger partial charge on any atom is 0.0653 e. The molecule has 4 heteroatoms. The van der Waals surface area contributed by atoms with Crippen molar-refractivity contribution < 1.29 is 0 Å². The summed E-state index contributed by atoms with van der Waals surface area (Å²) in [5.41, 5.74) is 5.24. The summed E-state index contributed by atoms with van der Waals surface area (Å²) >= 11 is 6.13. The van der Waals surface area contributed by atoms with Gasteiger partial charge in [0.25, 0.3) is 0 Å². The molecule has 1 unspecified atom stereocenters. The van der Waals surface area contributed by atoms with E-state index in [0.717, 1.165) is 41.7 Å². The summed E-state index contributed by atoms with van der Waals surface area (Å²) in [5, 5.41) is 12.8. The van der Waals surface area contributed by atoms with Gasteiger partial charge in [0.15, 0.2) is 0 Å². The van der Waals surface area contributed by atoms with Crippen molar-refractivity contribution in [1.29, 1.82) is 0 Å². The van der Waals surface area contributed by atoms with Crippen molar-refractivity contribution >= 4 is 22.5 Å². The normalized spacial score (nSPS) is 17.0. The number of aromatic nitrogens is 2. The van der Waals surface area contributed by atoms with E-state index in [4.69, 9.17) is 11.6 Å². The van der Waals surface area contributed by atoms with E-state index in [9.17, 15) is 0 Å². The summed E-state index contributed by atoms with van der Waals surface area (Å²) in [5.74, 6) is 0. The van der Waals surface area contributed by atoms with Crippen LogP contribution in [0.4, 0.5) is 0 Å². The van der Waals surface area contributed by atoms with Crippen molar-refractivity contribution in [3.63, 3.8) is 0 Å². The van der Waals surface area contributed by atoms with E-state index in [1.807, 2.05) is 12.3 Å². The van der Waals surface area contributed by atoms with Crippen LogP contribution in [0.15, 0.2) is 42.6 Å². The molecule has 0 spiro atoms. The fraction of sp³-hybridized carbons (Fsp3) is 0.278. The third-order valence-electron chi connectivity index (χ3n) is 4.50. The Morgan fingerprint density at radius 2 is 2.18 bits per heavy atom. The fourth-order valence-corrected chi connectivity index (χ4v) is 3.50. The number of H-pyrrole nitrogens is 1. The Morgan fingerprint density at radius 1 is 1.23 bits per heavy atom. The molecule has 0 fully saturated rings. The molecule has 0 bridgehead atoms. The largest absolute Gasteiger partial charge is 0.310 e. The monoisotopic (exact) mass is 311 g/mol. The highest BCUT2D eigenvalue weighted by Gasteiger charge is 2.21. The van der Waals surface area contributed by atoms with Gasteiger partial charge in [0.2, 0.25) is 0 Å². The molecular formula is C18H18ClN3. The van der Waals surface area contributed by atoms with Crippen molar-refractivity contribution in [3.05, 3.63) is 64.3 Å². The predicted octanol–water partition coefficient (Wildman–Crippen LogP) is 4.04. The minimum Gasteiger partial charge on any atom is -0.310 e. The van der Waals surface area contributed by atoms with Gasteiger partial charge in [0.05, 0.1) is 11.7 Å². The van der Waals surface area contributed by atoms with Crippen LogP contribution in [0.1, 0.15) is 29.2 Å². The van der Waals surface area contributed by atoms with Crippen LogP contribution in [0, 0.1) is 0 Å². The summed E-state index contributed by atoms with van der Waals surface area (Å²) in [6.07, 6.45) is 5.18. The molecule has 2 aromatic carbocycles. The van der Waals surface area contributed by atoms with Gasteiger partial charge in [-0.05, 0) is 60.7 Å². The van der Waals surface area contributed by atoms with E-state index in [1.165, 1.54) is 16.7 Å². The zero-order valence-corrected chi connectivity index (χ0v) is 13.0. The first kappa shape index (κ1) is 13.8. The van der Waals surface area contributed by atoms with E-state index in [0.29, 0.717) is 6.04 Å². The number of nitrogens with one attached hydrogen (secondary N) is 2. The Hall–Kier alpha value is -1.84. The molecule has 1 heterocycles. The minimum atomic E-state index is 0.435.